The van der Waals surface area contributed by atoms with E-state index in [1.807, 2.05) is 6.92 Å². The van der Waals surface area contributed by atoms with Gasteiger partial charge in [0, 0.05) is 25.4 Å². The second kappa shape index (κ2) is 9.40. The standard InChI is InChI=1S/C23H24F4N6O/c1-14-4-3-9-32(20(14)13-29-21-6-5-16(12-28-21)23(25,26)27)22(34)17-10-15(2)18(24)11-19(17)33-30-7-8-31-33/h5-8,10-12,14,20H,3-4,9,13H2,1-2H3,(H,28,29)/t14-,20?/m1/s1. The molecular weight excluding hydrogens is 452 g/mol. The Morgan fingerprint density at radius 3 is 2.59 bits per heavy atom. The van der Waals surface area contributed by atoms with E-state index >= 15 is 0 Å². The van der Waals surface area contributed by atoms with Crippen LogP contribution in [0.4, 0.5) is 23.4 Å². The van der Waals surface area contributed by atoms with Crippen LogP contribution < -0.4 is 5.32 Å². The van der Waals surface area contributed by atoms with Gasteiger partial charge >= 0.3 is 6.18 Å². The third kappa shape index (κ3) is 4.87. The van der Waals surface area contributed by atoms with Crippen molar-refractivity contribution in [1.82, 2.24) is 24.9 Å². The fraction of sp³-hybridized carbons (Fsp3) is 0.391. The van der Waals surface area contributed by atoms with Gasteiger partial charge in [0.2, 0.25) is 0 Å². The number of piperidine rings is 1. The average molecular weight is 476 g/mol. The molecule has 1 aromatic carbocycles. The molecule has 0 spiro atoms. The number of nitrogens with one attached hydrogen (secondary N) is 1. The first-order valence-electron chi connectivity index (χ1n) is 10.9. The van der Waals surface area contributed by atoms with E-state index in [9.17, 15) is 22.4 Å². The molecule has 180 valence electrons. The third-order valence-corrected chi connectivity index (χ3v) is 6.10. The lowest BCUT2D eigenvalue weighted by atomic mass is 9.89. The topological polar surface area (TPSA) is 75.9 Å². The maximum absolute atomic E-state index is 14.3. The Balaban J connectivity index is 1.58. The summed E-state index contributed by atoms with van der Waals surface area (Å²) in [4.78, 5) is 20.5. The highest BCUT2D eigenvalue weighted by molar-refractivity contribution is 5.98. The van der Waals surface area contributed by atoms with E-state index in [0.717, 1.165) is 25.1 Å². The van der Waals surface area contributed by atoms with Gasteiger partial charge in [-0.3, -0.25) is 4.79 Å². The number of benzene rings is 1. The van der Waals surface area contributed by atoms with E-state index in [2.05, 4.69) is 20.5 Å². The first-order valence-corrected chi connectivity index (χ1v) is 10.9. The van der Waals surface area contributed by atoms with Crippen LogP contribution in [0.5, 0.6) is 0 Å². The van der Waals surface area contributed by atoms with E-state index < -0.39 is 17.6 Å². The summed E-state index contributed by atoms with van der Waals surface area (Å²) in [6, 6.07) is 4.74. The molecule has 2 aromatic heterocycles. The van der Waals surface area contributed by atoms with Gasteiger partial charge in [-0.25, -0.2) is 9.37 Å². The van der Waals surface area contributed by atoms with Crippen molar-refractivity contribution in [2.75, 3.05) is 18.4 Å². The molecule has 1 amide bonds. The van der Waals surface area contributed by atoms with Crippen LogP contribution in [-0.4, -0.2) is 49.9 Å². The average Bonchev–Trinajstić information content (AvgIpc) is 3.34. The largest absolute Gasteiger partial charge is 0.417 e. The highest BCUT2D eigenvalue weighted by Gasteiger charge is 2.34. The molecule has 1 saturated heterocycles. The molecule has 1 unspecified atom stereocenters. The minimum atomic E-state index is -4.46. The normalized spacial score (nSPS) is 18.7. The van der Waals surface area contributed by atoms with Crippen molar-refractivity contribution in [2.45, 2.75) is 38.9 Å². The molecule has 0 saturated carbocycles. The highest BCUT2D eigenvalue weighted by atomic mass is 19.4. The van der Waals surface area contributed by atoms with Crippen LogP contribution in [0.1, 0.15) is 41.3 Å². The second-order valence-electron chi connectivity index (χ2n) is 8.43. The minimum absolute atomic E-state index is 0.132. The summed E-state index contributed by atoms with van der Waals surface area (Å²) in [5.74, 6) is -0.332. The number of amides is 1. The van der Waals surface area contributed by atoms with Crippen molar-refractivity contribution in [3.8, 4) is 5.69 Å². The third-order valence-electron chi connectivity index (χ3n) is 6.10. The van der Waals surface area contributed by atoms with E-state index in [1.165, 1.54) is 35.4 Å². The number of aryl methyl sites for hydroxylation is 1. The molecule has 34 heavy (non-hydrogen) atoms. The van der Waals surface area contributed by atoms with Gasteiger partial charge in [-0.15, -0.1) is 0 Å². The molecule has 1 aliphatic heterocycles. The quantitative estimate of drug-likeness (QED) is 0.550. The summed E-state index contributed by atoms with van der Waals surface area (Å²) in [6.07, 6.45) is 0.906. The molecule has 3 aromatic rings. The zero-order valence-corrected chi connectivity index (χ0v) is 18.7. The number of aromatic nitrogens is 4. The van der Waals surface area contributed by atoms with Gasteiger partial charge in [0.1, 0.15) is 17.3 Å². The van der Waals surface area contributed by atoms with Crippen LogP contribution in [0.3, 0.4) is 0 Å². The first kappa shape index (κ1) is 23.7. The first-order chi connectivity index (χ1) is 16.1. The summed E-state index contributed by atoms with van der Waals surface area (Å²) in [6.45, 7) is 4.41. The monoisotopic (exact) mass is 476 g/mol. The SMILES string of the molecule is Cc1cc(C(=O)N2CCC[C@@H](C)C2CNc2ccc(C(F)(F)F)cn2)c(-n2nccn2)cc1F. The number of carbonyl (C=O) groups excluding carboxylic acids is 1. The molecular formula is C23H24F4N6O. The Hall–Kier alpha value is -3.50. The van der Waals surface area contributed by atoms with Gasteiger partial charge in [-0.05, 0) is 49.4 Å². The van der Waals surface area contributed by atoms with Crippen LogP contribution in [-0.2, 0) is 6.18 Å². The molecule has 2 atom stereocenters. The van der Waals surface area contributed by atoms with Crippen LogP contribution in [0.25, 0.3) is 5.69 Å². The summed E-state index contributed by atoms with van der Waals surface area (Å²) < 4.78 is 52.7. The molecule has 0 bridgehead atoms. The van der Waals surface area contributed by atoms with E-state index in [-0.39, 0.29) is 34.9 Å². The molecule has 0 radical (unpaired) electrons. The Kier molecular flexibility index (Phi) is 6.54. The van der Waals surface area contributed by atoms with Crippen molar-refractivity contribution < 1.29 is 22.4 Å². The van der Waals surface area contributed by atoms with Gasteiger partial charge in [0.15, 0.2) is 0 Å². The van der Waals surface area contributed by atoms with Gasteiger partial charge in [0.25, 0.3) is 5.91 Å². The van der Waals surface area contributed by atoms with Gasteiger partial charge in [-0.2, -0.15) is 28.2 Å². The number of pyridine rings is 1. The number of anilines is 1. The number of alkyl halides is 3. The van der Waals surface area contributed by atoms with Crippen molar-refractivity contribution in [3.05, 3.63) is 65.4 Å². The van der Waals surface area contributed by atoms with E-state index in [0.29, 0.717) is 18.7 Å². The maximum Gasteiger partial charge on any atom is 0.417 e. The van der Waals surface area contributed by atoms with Gasteiger partial charge in [0.05, 0.1) is 29.6 Å². The highest BCUT2D eigenvalue weighted by Crippen LogP contribution is 2.30. The molecule has 4 rings (SSSR count). The summed E-state index contributed by atoms with van der Waals surface area (Å²) in [7, 11) is 0. The Labute approximate surface area is 193 Å². The molecule has 1 aliphatic rings. The minimum Gasteiger partial charge on any atom is -0.368 e. The van der Waals surface area contributed by atoms with Crippen molar-refractivity contribution in [2.24, 2.45) is 5.92 Å². The Morgan fingerprint density at radius 2 is 1.94 bits per heavy atom. The second-order valence-corrected chi connectivity index (χ2v) is 8.43. The number of likely N-dealkylation sites (tertiary alicyclic amines) is 1. The smallest absolute Gasteiger partial charge is 0.368 e. The molecule has 1 N–H and O–H groups in total. The van der Waals surface area contributed by atoms with E-state index in [4.69, 9.17) is 0 Å². The summed E-state index contributed by atoms with van der Waals surface area (Å²) in [5, 5.41) is 11.2. The zero-order valence-electron chi connectivity index (χ0n) is 18.7. The number of rotatable bonds is 5. The Morgan fingerprint density at radius 1 is 1.21 bits per heavy atom. The number of halogens is 4. The van der Waals surface area contributed by atoms with Crippen LogP contribution >= 0.6 is 0 Å². The van der Waals surface area contributed by atoms with Crippen molar-refractivity contribution in [1.29, 1.82) is 0 Å². The summed E-state index contributed by atoms with van der Waals surface area (Å²) >= 11 is 0. The molecule has 11 heteroatoms. The fourth-order valence-corrected chi connectivity index (χ4v) is 4.19. The lowest BCUT2D eigenvalue weighted by molar-refractivity contribution is -0.137. The molecule has 0 aliphatic carbocycles. The van der Waals surface area contributed by atoms with Crippen LogP contribution in [0.2, 0.25) is 0 Å². The fourth-order valence-electron chi connectivity index (χ4n) is 4.19. The van der Waals surface area contributed by atoms with Crippen LogP contribution in [0.15, 0.2) is 42.9 Å². The summed E-state index contributed by atoms with van der Waals surface area (Å²) in [5.41, 5.74) is 0.0227. The zero-order chi connectivity index (χ0) is 24.5. The maximum atomic E-state index is 14.3. The Bertz CT molecular complexity index is 1150. The van der Waals surface area contributed by atoms with Crippen molar-refractivity contribution >= 4 is 11.7 Å². The van der Waals surface area contributed by atoms with Crippen molar-refractivity contribution in [3.63, 3.8) is 0 Å². The van der Waals surface area contributed by atoms with Gasteiger partial charge in [-0.1, -0.05) is 6.92 Å². The number of hydrogen-bond acceptors (Lipinski definition) is 5. The number of nitrogens with zero attached hydrogens (tertiary/aromatic N) is 5. The number of carbonyl (C=O) groups is 1. The predicted molar refractivity (Wildman–Crippen MR) is 117 cm³/mol. The molecule has 7 nitrogen and oxygen atoms in total. The van der Waals surface area contributed by atoms with Gasteiger partial charge < -0.3 is 10.2 Å². The van der Waals surface area contributed by atoms with E-state index in [1.54, 1.807) is 11.8 Å². The lowest BCUT2D eigenvalue weighted by Crippen LogP contribution is -2.51. The molecule has 1 fully saturated rings. The number of hydrogen-bond donors (Lipinski definition) is 1. The van der Waals surface area contributed by atoms with Crippen LogP contribution in [0, 0.1) is 18.7 Å². The lowest BCUT2D eigenvalue weighted by Gasteiger charge is -2.40. The molecule has 3 heterocycles. The predicted octanol–water partition coefficient (Wildman–Crippen LogP) is 4.48.